The summed E-state index contributed by atoms with van der Waals surface area (Å²) >= 11 is 0. The fraction of sp³-hybridized carbons (Fsp3) is 0.562. The average Bonchev–Trinajstić information content (AvgIpc) is 2.41. The van der Waals surface area contributed by atoms with Gasteiger partial charge in [-0.2, -0.15) is 0 Å². The van der Waals surface area contributed by atoms with Gasteiger partial charge in [0.1, 0.15) is 5.82 Å². The quantitative estimate of drug-likeness (QED) is 0.868. The van der Waals surface area contributed by atoms with Gasteiger partial charge in [0, 0.05) is 0 Å². The molecule has 1 saturated carbocycles. The fourth-order valence-electron chi connectivity index (χ4n) is 2.89. The van der Waals surface area contributed by atoms with Gasteiger partial charge in [-0.1, -0.05) is 31.9 Å². The first-order chi connectivity index (χ1) is 9.65. The molecular weight excluding hydrogens is 255 g/mol. The number of hydrogen-bond acceptors (Lipinski definition) is 2. The Hall–Kier alpha value is -1.42. The molecule has 0 aliphatic heterocycles. The summed E-state index contributed by atoms with van der Waals surface area (Å²) in [5.41, 5.74) is 0.241. The number of carbonyl (C=O) groups is 1. The van der Waals surface area contributed by atoms with Crippen LogP contribution in [0.25, 0.3) is 0 Å². The van der Waals surface area contributed by atoms with Crippen molar-refractivity contribution in [3.63, 3.8) is 0 Å². The number of rotatable bonds is 5. The van der Waals surface area contributed by atoms with E-state index in [9.17, 15) is 9.18 Å². The molecule has 0 radical (unpaired) electrons. The Balaban J connectivity index is 1.69. The third-order valence-electron chi connectivity index (χ3n) is 3.91. The first-order valence-corrected chi connectivity index (χ1v) is 7.40. The van der Waals surface area contributed by atoms with E-state index in [1.54, 1.807) is 18.2 Å². The molecule has 2 atom stereocenters. The maximum absolute atomic E-state index is 13.4. The second kappa shape index (κ2) is 7.39. The molecule has 0 saturated heterocycles. The van der Waals surface area contributed by atoms with Crippen molar-refractivity contribution >= 4 is 11.6 Å². The zero-order valence-corrected chi connectivity index (χ0v) is 12.0. The minimum atomic E-state index is -0.401. The van der Waals surface area contributed by atoms with Crippen LogP contribution in [-0.2, 0) is 4.79 Å². The number of anilines is 1. The highest BCUT2D eigenvalue weighted by Gasteiger charge is 2.18. The summed E-state index contributed by atoms with van der Waals surface area (Å²) in [6, 6.07) is 6.21. The van der Waals surface area contributed by atoms with Gasteiger partial charge < -0.3 is 10.6 Å². The number of nitrogens with one attached hydrogen (secondary N) is 2. The zero-order valence-electron chi connectivity index (χ0n) is 12.0. The van der Waals surface area contributed by atoms with Crippen molar-refractivity contribution in [3.8, 4) is 0 Å². The monoisotopic (exact) mass is 278 g/mol. The molecule has 110 valence electrons. The fourth-order valence-corrected chi connectivity index (χ4v) is 2.89. The number of para-hydroxylation sites is 1. The topological polar surface area (TPSA) is 41.1 Å². The lowest BCUT2D eigenvalue weighted by Gasteiger charge is -2.26. The van der Waals surface area contributed by atoms with E-state index >= 15 is 0 Å². The van der Waals surface area contributed by atoms with Gasteiger partial charge in [0.2, 0.25) is 5.91 Å². The number of benzene rings is 1. The molecule has 2 rings (SSSR count). The van der Waals surface area contributed by atoms with Gasteiger partial charge in [-0.05, 0) is 43.4 Å². The summed E-state index contributed by atoms with van der Waals surface area (Å²) < 4.78 is 13.4. The lowest BCUT2D eigenvalue weighted by Crippen LogP contribution is -2.33. The van der Waals surface area contributed by atoms with Crippen molar-refractivity contribution in [1.82, 2.24) is 5.32 Å². The number of carbonyl (C=O) groups excluding carboxylic acids is 1. The van der Waals surface area contributed by atoms with Crippen molar-refractivity contribution in [3.05, 3.63) is 30.1 Å². The van der Waals surface area contributed by atoms with Crippen molar-refractivity contribution in [2.75, 3.05) is 18.4 Å². The number of amides is 1. The van der Waals surface area contributed by atoms with Gasteiger partial charge in [0.25, 0.3) is 0 Å². The Labute approximate surface area is 120 Å². The van der Waals surface area contributed by atoms with Crippen molar-refractivity contribution in [2.24, 2.45) is 11.8 Å². The molecule has 1 aliphatic rings. The van der Waals surface area contributed by atoms with Crippen LogP contribution in [0, 0.1) is 17.7 Å². The summed E-state index contributed by atoms with van der Waals surface area (Å²) in [7, 11) is 0. The van der Waals surface area contributed by atoms with Crippen LogP contribution in [0.4, 0.5) is 10.1 Å². The van der Waals surface area contributed by atoms with Crippen LogP contribution in [0.15, 0.2) is 24.3 Å². The maximum Gasteiger partial charge on any atom is 0.238 e. The minimum Gasteiger partial charge on any atom is -0.322 e. The Morgan fingerprint density at radius 3 is 2.90 bits per heavy atom. The van der Waals surface area contributed by atoms with E-state index in [0.717, 1.165) is 12.5 Å². The smallest absolute Gasteiger partial charge is 0.238 e. The molecule has 4 heteroatoms. The van der Waals surface area contributed by atoms with E-state index in [1.165, 1.54) is 31.7 Å². The summed E-state index contributed by atoms with van der Waals surface area (Å²) in [5.74, 6) is 0.865. The van der Waals surface area contributed by atoms with E-state index in [-0.39, 0.29) is 18.1 Å². The summed E-state index contributed by atoms with van der Waals surface area (Å²) in [4.78, 5) is 11.7. The molecule has 1 amide bonds. The number of hydrogen-bond donors (Lipinski definition) is 2. The number of halogens is 1. The summed E-state index contributed by atoms with van der Waals surface area (Å²) in [6.07, 6.45) is 5.09. The first-order valence-electron chi connectivity index (χ1n) is 7.40. The van der Waals surface area contributed by atoms with Gasteiger partial charge in [-0.3, -0.25) is 4.79 Å². The van der Waals surface area contributed by atoms with Crippen LogP contribution in [0.3, 0.4) is 0 Å². The average molecular weight is 278 g/mol. The Bertz CT molecular complexity index is 450. The van der Waals surface area contributed by atoms with Crippen LogP contribution in [-0.4, -0.2) is 19.0 Å². The maximum atomic E-state index is 13.4. The van der Waals surface area contributed by atoms with E-state index in [4.69, 9.17) is 0 Å². The SMILES string of the molecule is CC1CCCC(CNCC(=O)Nc2ccccc2F)C1. The van der Waals surface area contributed by atoms with E-state index < -0.39 is 5.82 Å². The van der Waals surface area contributed by atoms with Crippen molar-refractivity contribution in [1.29, 1.82) is 0 Å². The summed E-state index contributed by atoms with van der Waals surface area (Å²) in [6.45, 7) is 3.39. The Morgan fingerprint density at radius 1 is 1.35 bits per heavy atom. The normalized spacial score (nSPS) is 22.5. The third kappa shape index (κ3) is 4.60. The summed E-state index contributed by atoms with van der Waals surface area (Å²) in [5, 5.41) is 5.76. The molecule has 3 nitrogen and oxygen atoms in total. The molecule has 2 N–H and O–H groups in total. The van der Waals surface area contributed by atoms with Crippen molar-refractivity contribution < 1.29 is 9.18 Å². The molecule has 1 aromatic rings. The van der Waals surface area contributed by atoms with Crippen molar-refractivity contribution in [2.45, 2.75) is 32.6 Å². The van der Waals surface area contributed by atoms with Crippen LogP contribution in [0.2, 0.25) is 0 Å². The molecule has 0 aromatic heterocycles. The van der Waals surface area contributed by atoms with Crippen LogP contribution in [0.5, 0.6) is 0 Å². The predicted molar refractivity (Wildman–Crippen MR) is 79.0 cm³/mol. The van der Waals surface area contributed by atoms with Gasteiger partial charge in [-0.15, -0.1) is 0 Å². The van der Waals surface area contributed by atoms with E-state index in [2.05, 4.69) is 17.6 Å². The third-order valence-corrected chi connectivity index (χ3v) is 3.91. The largest absolute Gasteiger partial charge is 0.322 e. The lowest BCUT2D eigenvalue weighted by atomic mass is 9.82. The molecule has 1 aliphatic carbocycles. The zero-order chi connectivity index (χ0) is 14.4. The Morgan fingerprint density at radius 2 is 2.15 bits per heavy atom. The minimum absolute atomic E-state index is 0.195. The van der Waals surface area contributed by atoms with Gasteiger partial charge in [0.05, 0.1) is 12.2 Å². The molecule has 0 spiro atoms. The highest BCUT2D eigenvalue weighted by molar-refractivity contribution is 5.92. The first kappa shape index (κ1) is 15.0. The van der Waals surface area contributed by atoms with Gasteiger partial charge in [0.15, 0.2) is 0 Å². The predicted octanol–water partition coefficient (Wildman–Crippen LogP) is 3.18. The second-order valence-corrected chi connectivity index (χ2v) is 5.80. The highest BCUT2D eigenvalue weighted by Crippen LogP contribution is 2.27. The van der Waals surface area contributed by atoms with Gasteiger partial charge in [-0.25, -0.2) is 4.39 Å². The standard InChI is InChI=1S/C16H23FN2O/c1-12-5-4-6-13(9-12)10-18-11-16(20)19-15-8-3-2-7-14(15)17/h2-3,7-8,12-13,18H,4-6,9-11H2,1H3,(H,19,20). The molecule has 20 heavy (non-hydrogen) atoms. The molecule has 1 aromatic carbocycles. The van der Waals surface area contributed by atoms with Crippen LogP contribution < -0.4 is 10.6 Å². The van der Waals surface area contributed by atoms with Crippen LogP contribution >= 0.6 is 0 Å². The molecule has 0 heterocycles. The molecule has 0 bridgehead atoms. The van der Waals surface area contributed by atoms with Crippen LogP contribution in [0.1, 0.15) is 32.6 Å². The van der Waals surface area contributed by atoms with Gasteiger partial charge >= 0.3 is 0 Å². The van der Waals surface area contributed by atoms with E-state index in [0.29, 0.717) is 5.92 Å². The Kier molecular flexibility index (Phi) is 5.53. The molecular formula is C16H23FN2O. The lowest BCUT2D eigenvalue weighted by molar-refractivity contribution is -0.115. The van der Waals surface area contributed by atoms with E-state index in [1.807, 2.05) is 0 Å². The second-order valence-electron chi connectivity index (χ2n) is 5.80. The molecule has 1 fully saturated rings. The molecule has 2 unspecified atom stereocenters. The highest BCUT2D eigenvalue weighted by atomic mass is 19.1.